The summed E-state index contributed by atoms with van der Waals surface area (Å²) in [5, 5.41) is 10.3. The summed E-state index contributed by atoms with van der Waals surface area (Å²) < 4.78 is 0. The highest BCUT2D eigenvalue weighted by Gasteiger charge is 2.06. The van der Waals surface area contributed by atoms with Crippen LogP contribution in [0.5, 0.6) is 5.75 Å². The van der Waals surface area contributed by atoms with Crippen LogP contribution in [0.25, 0.3) is 11.0 Å². The van der Waals surface area contributed by atoms with E-state index >= 15 is 0 Å². The fourth-order valence-corrected chi connectivity index (χ4v) is 3.09. The first-order valence-corrected chi connectivity index (χ1v) is 7.48. The molecule has 0 aliphatic heterocycles. The average molecular weight is 284 g/mol. The summed E-state index contributed by atoms with van der Waals surface area (Å²) in [7, 11) is 0. The van der Waals surface area contributed by atoms with Gasteiger partial charge in [0.05, 0.1) is 11.0 Å². The summed E-state index contributed by atoms with van der Waals surface area (Å²) in [6, 6.07) is 11.7. The Kier molecular flexibility index (Phi) is 3.40. The second-order valence-electron chi connectivity index (χ2n) is 4.96. The lowest BCUT2D eigenvalue weighted by Crippen LogP contribution is -1.88. The molecule has 2 N–H and O–H groups in total. The number of benzene rings is 2. The van der Waals surface area contributed by atoms with Crippen LogP contribution in [0.2, 0.25) is 0 Å². The molecule has 1 heterocycles. The number of hydrogen-bond donors (Lipinski definition) is 2. The highest BCUT2D eigenvalue weighted by molar-refractivity contribution is 7.98. The minimum absolute atomic E-state index is 0.257. The van der Waals surface area contributed by atoms with Crippen LogP contribution in [-0.4, -0.2) is 15.1 Å². The third-order valence-electron chi connectivity index (χ3n) is 3.31. The van der Waals surface area contributed by atoms with Gasteiger partial charge in [-0.1, -0.05) is 35.5 Å². The van der Waals surface area contributed by atoms with Crippen molar-refractivity contribution >= 4 is 22.8 Å². The molecule has 3 rings (SSSR count). The van der Waals surface area contributed by atoms with Crippen LogP contribution in [-0.2, 0) is 5.75 Å². The second kappa shape index (κ2) is 5.21. The maximum atomic E-state index is 9.46. The van der Waals surface area contributed by atoms with E-state index in [9.17, 15) is 5.11 Å². The summed E-state index contributed by atoms with van der Waals surface area (Å²) in [5.41, 5.74) is 5.66. The molecule has 0 saturated carbocycles. The number of nitrogens with one attached hydrogen (secondary N) is 1. The van der Waals surface area contributed by atoms with Gasteiger partial charge in [-0.25, -0.2) is 4.98 Å². The zero-order valence-corrected chi connectivity index (χ0v) is 12.3. The number of aromatic amines is 1. The molecule has 0 bridgehead atoms. The van der Waals surface area contributed by atoms with E-state index in [2.05, 4.69) is 42.0 Å². The summed E-state index contributed by atoms with van der Waals surface area (Å²) in [6.45, 7) is 4.24. The van der Waals surface area contributed by atoms with Gasteiger partial charge in [-0.05, 0) is 37.1 Å². The van der Waals surface area contributed by atoms with Crippen molar-refractivity contribution < 1.29 is 5.11 Å². The number of nitrogens with zero attached hydrogens (tertiary/aromatic N) is 1. The number of fused-ring (bicyclic) bond motifs is 1. The Morgan fingerprint density at radius 2 is 2.00 bits per heavy atom. The monoisotopic (exact) mass is 284 g/mol. The van der Waals surface area contributed by atoms with Gasteiger partial charge in [-0.15, -0.1) is 0 Å². The van der Waals surface area contributed by atoms with Crippen molar-refractivity contribution in [3.05, 3.63) is 53.1 Å². The molecule has 102 valence electrons. The van der Waals surface area contributed by atoms with Crippen LogP contribution in [0.4, 0.5) is 0 Å². The maximum Gasteiger partial charge on any atom is 0.166 e. The van der Waals surface area contributed by atoms with Crippen LogP contribution >= 0.6 is 11.8 Å². The predicted octanol–water partition coefficient (Wildman–Crippen LogP) is 4.18. The molecule has 0 aliphatic carbocycles. The third-order valence-corrected chi connectivity index (χ3v) is 4.23. The number of imidazole rings is 1. The lowest BCUT2D eigenvalue weighted by Gasteiger charge is -2.05. The largest absolute Gasteiger partial charge is 0.508 e. The van der Waals surface area contributed by atoms with Crippen molar-refractivity contribution in [2.45, 2.75) is 24.8 Å². The number of hydrogen-bond acceptors (Lipinski definition) is 3. The normalized spacial score (nSPS) is 11.1. The lowest BCUT2D eigenvalue weighted by molar-refractivity contribution is 0.476. The molecule has 0 aliphatic rings. The summed E-state index contributed by atoms with van der Waals surface area (Å²) in [6.07, 6.45) is 0. The molecule has 0 fully saturated rings. The number of rotatable bonds is 3. The van der Waals surface area contributed by atoms with Gasteiger partial charge in [0, 0.05) is 11.8 Å². The van der Waals surface area contributed by atoms with E-state index in [0.29, 0.717) is 0 Å². The van der Waals surface area contributed by atoms with E-state index in [-0.39, 0.29) is 5.75 Å². The molecule has 0 amide bonds. The van der Waals surface area contributed by atoms with Crippen molar-refractivity contribution in [2.24, 2.45) is 0 Å². The van der Waals surface area contributed by atoms with Gasteiger partial charge in [0.1, 0.15) is 5.75 Å². The zero-order valence-electron chi connectivity index (χ0n) is 11.5. The molecule has 2 aromatic carbocycles. The SMILES string of the molecule is Cc1ccc(C)c(CSc2nc3ccc(O)cc3[nH]2)c1. The van der Waals surface area contributed by atoms with Gasteiger partial charge in [-0.3, -0.25) is 0 Å². The first-order chi connectivity index (χ1) is 9.61. The Morgan fingerprint density at radius 3 is 2.85 bits per heavy atom. The van der Waals surface area contributed by atoms with E-state index in [4.69, 9.17) is 0 Å². The van der Waals surface area contributed by atoms with Gasteiger partial charge in [0.25, 0.3) is 0 Å². The highest BCUT2D eigenvalue weighted by Crippen LogP contribution is 2.26. The molecule has 0 unspecified atom stereocenters. The van der Waals surface area contributed by atoms with Crippen LogP contribution in [0.1, 0.15) is 16.7 Å². The van der Waals surface area contributed by atoms with Gasteiger partial charge in [0.2, 0.25) is 0 Å². The molecule has 0 atom stereocenters. The van der Waals surface area contributed by atoms with Gasteiger partial charge in [-0.2, -0.15) is 0 Å². The van der Waals surface area contributed by atoms with Crippen molar-refractivity contribution in [1.29, 1.82) is 0 Å². The molecular weight excluding hydrogens is 268 g/mol. The van der Waals surface area contributed by atoms with E-state index in [1.165, 1.54) is 16.7 Å². The third kappa shape index (κ3) is 2.65. The van der Waals surface area contributed by atoms with Crippen LogP contribution in [0.3, 0.4) is 0 Å². The molecule has 1 aromatic heterocycles. The van der Waals surface area contributed by atoms with Crippen LogP contribution in [0.15, 0.2) is 41.6 Å². The number of aryl methyl sites for hydroxylation is 2. The molecule has 0 saturated heterocycles. The fraction of sp³-hybridized carbons (Fsp3) is 0.188. The summed E-state index contributed by atoms with van der Waals surface area (Å²) in [4.78, 5) is 7.75. The number of aromatic hydroxyl groups is 1. The predicted molar refractivity (Wildman–Crippen MR) is 83.2 cm³/mol. The van der Waals surface area contributed by atoms with Crippen molar-refractivity contribution in [1.82, 2.24) is 9.97 Å². The average Bonchev–Trinajstić information content (AvgIpc) is 2.81. The van der Waals surface area contributed by atoms with Gasteiger partial charge < -0.3 is 10.1 Å². The smallest absolute Gasteiger partial charge is 0.166 e. The van der Waals surface area contributed by atoms with Gasteiger partial charge >= 0.3 is 0 Å². The number of phenolic OH excluding ortho intramolecular Hbond substituents is 1. The van der Waals surface area contributed by atoms with E-state index in [1.54, 1.807) is 23.9 Å². The summed E-state index contributed by atoms with van der Waals surface area (Å²) in [5.74, 6) is 1.14. The first-order valence-electron chi connectivity index (χ1n) is 6.49. The lowest BCUT2D eigenvalue weighted by atomic mass is 10.1. The molecule has 3 aromatic rings. The van der Waals surface area contributed by atoms with E-state index < -0.39 is 0 Å². The maximum absolute atomic E-state index is 9.46. The number of phenols is 1. The zero-order chi connectivity index (χ0) is 14.1. The van der Waals surface area contributed by atoms with E-state index in [1.807, 2.05) is 6.07 Å². The van der Waals surface area contributed by atoms with Gasteiger partial charge in [0.15, 0.2) is 5.16 Å². The van der Waals surface area contributed by atoms with Crippen molar-refractivity contribution in [3.63, 3.8) is 0 Å². The molecule has 20 heavy (non-hydrogen) atoms. The molecular formula is C16H16N2OS. The Morgan fingerprint density at radius 1 is 1.15 bits per heavy atom. The summed E-state index contributed by atoms with van der Waals surface area (Å²) >= 11 is 1.68. The topological polar surface area (TPSA) is 48.9 Å². The Hall–Kier alpha value is -1.94. The Labute approximate surface area is 122 Å². The Bertz CT molecular complexity index is 764. The molecule has 3 nitrogen and oxygen atoms in total. The minimum atomic E-state index is 0.257. The fourth-order valence-electron chi connectivity index (χ4n) is 2.14. The Balaban J connectivity index is 1.81. The number of aromatic nitrogens is 2. The standard InChI is InChI=1S/C16H16N2OS/c1-10-3-4-11(2)12(7-10)9-20-16-17-14-6-5-13(19)8-15(14)18-16/h3-8,19H,9H2,1-2H3,(H,17,18). The second-order valence-corrected chi connectivity index (χ2v) is 5.93. The molecule has 4 heteroatoms. The minimum Gasteiger partial charge on any atom is -0.508 e. The highest BCUT2D eigenvalue weighted by atomic mass is 32.2. The van der Waals surface area contributed by atoms with Crippen LogP contribution in [0, 0.1) is 13.8 Å². The number of H-pyrrole nitrogens is 1. The van der Waals surface area contributed by atoms with Crippen LogP contribution < -0.4 is 0 Å². The number of thioether (sulfide) groups is 1. The molecule has 0 radical (unpaired) electrons. The van der Waals surface area contributed by atoms with Crippen molar-refractivity contribution in [2.75, 3.05) is 0 Å². The van der Waals surface area contributed by atoms with E-state index in [0.717, 1.165) is 21.9 Å². The quantitative estimate of drug-likeness (QED) is 0.709. The van der Waals surface area contributed by atoms with Crippen molar-refractivity contribution in [3.8, 4) is 5.75 Å². The first kappa shape index (κ1) is 13.1. The molecule has 0 spiro atoms.